The zero-order valence-electron chi connectivity index (χ0n) is 7.32. The van der Waals surface area contributed by atoms with Crippen LogP contribution in [0.3, 0.4) is 0 Å². The molecule has 13 heavy (non-hydrogen) atoms. The number of rotatable bonds is 0. The van der Waals surface area contributed by atoms with E-state index in [4.69, 9.17) is 0 Å². The number of hydrogen-bond acceptors (Lipinski definition) is 3. The summed E-state index contributed by atoms with van der Waals surface area (Å²) in [4.78, 5) is 22.6. The molecule has 2 fully saturated rings. The quantitative estimate of drug-likeness (QED) is 0.314. The Hall–Kier alpha value is -1.12. The lowest BCUT2D eigenvalue weighted by Crippen LogP contribution is -2.23. The lowest BCUT2D eigenvalue weighted by Gasteiger charge is -2.17. The van der Waals surface area contributed by atoms with Gasteiger partial charge in [-0.1, -0.05) is 11.6 Å². The van der Waals surface area contributed by atoms with Gasteiger partial charge in [0.25, 0.3) is 0 Å². The van der Waals surface area contributed by atoms with Crippen molar-refractivity contribution in [2.45, 2.75) is 13.3 Å². The van der Waals surface area contributed by atoms with Gasteiger partial charge >= 0.3 is 11.9 Å². The van der Waals surface area contributed by atoms with Gasteiger partial charge in [-0.05, 0) is 25.2 Å². The highest BCUT2D eigenvalue weighted by Gasteiger charge is 2.59. The molecule has 0 amide bonds. The summed E-state index contributed by atoms with van der Waals surface area (Å²) >= 11 is 0. The van der Waals surface area contributed by atoms with Crippen molar-refractivity contribution in [3.8, 4) is 0 Å². The van der Waals surface area contributed by atoms with Crippen molar-refractivity contribution in [2.24, 2.45) is 23.7 Å². The van der Waals surface area contributed by atoms with E-state index in [9.17, 15) is 9.59 Å². The molecule has 1 saturated heterocycles. The van der Waals surface area contributed by atoms with E-state index in [-0.39, 0.29) is 35.6 Å². The fourth-order valence-corrected chi connectivity index (χ4v) is 3.07. The topological polar surface area (TPSA) is 43.4 Å². The van der Waals surface area contributed by atoms with Gasteiger partial charge in [0.2, 0.25) is 0 Å². The number of esters is 2. The third-order valence-corrected chi connectivity index (χ3v) is 3.62. The maximum absolute atomic E-state index is 11.3. The molecule has 3 nitrogen and oxygen atoms in total. The highest BCUT2D eigenvalue weighted by molar-refractivity contribution is 5.98. The Morgan fingerprint density at radius 1 is 1.31 bits per heavy atom. The number of carbonyl (C=O) groups is 2. The van der Waals surface area contributed by atoms with Crippen molar-refractivity contribution in [2.75, 3.05) is 0 Å². The Morgan fingerprint density at radius 2 is 2.00 bits per heavy atom. The predicted octanol–water partition coefficient (Wildman–Crippen LogP) is 0.898. The molecule has 4 atom stereocenters. The van der Waals surface area contributed by atoms with Crippen molar-refractivity contribution in [1.82, 2.24) is 0 Å². The third-order valence-electron chi connectivity index (χ3n) is 3.62. The summed E-state index contributed by atoms with van der Waals surface area (Å²) in [7, 11) is 0. The van der Waals surface area contributed by atoms with Gasteiger partial charge in [-0.25, -0.2) is 0 Å². The van der Waals surface area contributed by atoms with E-state index in [0.717, 1.165) is 6.42 Å². The molecule has 0 unspecified atom stereocenters. The average molecular weight is 178 g/mol. The molecule has 1 heterocycles. The zero-order valence-corrected chi connectivity index (χ0v) is 7.32. The smallest absolute Gasteiger partial charge is 0.318 e. The molecule has 0 N–H and O–H groups in total. The van der Waals surface area contributed by atoms with Crippen LogP contribution in [0.2, 0.25) is 0 Å². The van der Waals surface area contributed by atoms with Gasteiger partial charge in [-0.3, -0.25) is 9.59 Å². The van der Waals surface area contributed by atoms with E-state index in [2.05, 4.69) is 10.8 Å². The molecule has 2 aliphatic carbocycles. The number of hydrogen-bond donors (Lipinski definition) is 0. The van der Waals surface area contributed by atoms with Gasteiger partial charge in [0.15, 0.2) is 0 Å². The first-order valence-corrected chi connectivity index (χ1v) is 4.62. The van der Waals surface area contributed by atoms with Gasteiger partial charge in [-0.2, -0.15) is 0 Å². The summed E-state index contributed by atoms with van der Waals surface area (Å²) in [6.07, 6.45) is 3.10. The lowest BCUT2D eigenvalue weighted by atomic mass is 9.82. The van der Waals surface area contributed by atoms with Crippen LogP contribution in [0, 0.1) is 23.7 Å². The molecule has 3 aliphatic rings. The van der Waals surface area contributed by atoms with Gasteiger partial charge in [0.05, 0.1) is 11.8 Å². The Balaban J connectivity index is 2.08. The van der Waals surface area contributed by atoms with E-state index in [1.54, 1.807) is 0 Å². The van der Waals surface area contributed by atoms with Crippen molar-refractivity contribution in [3.05, 3.63) is 11.6 Å². The summed E-state index contributed by atoms with van der Waals surface area (Å²) in [6.45, 7) is 2.04. The summed E-state index contributed by atoms with van der Waals surface area (Å²) in [5.41, 5.74) is 1.26. The second-order valence-electron chi connectivity index (χ2n) is 4.21. The molecule has 0 aromatic carbocycles. The maximum atomic E-state index is 11.3. The van der Waals surface area contributed by atoms with Gasteiger partial charge < -0.3 is 4.74 Å². The van der Waals surface area contributed by atoms with Gasteiger partial charge in [0.1, 0.15) is 0 Å². The number of carbonyl (C=O) groups excluding carboxylic acids is 2. The average Bonchev–Trinajstić information content (AvgIpc) is 2.64. The third kappa shape index (κ3) is 0.705. The Morgan fingerprint density at radius 3 is 2.77 bits per heavy atom. The molecular weight excluding hydrogens is 168 g/mol. The van der Waals surface area contributed by atoms with Crippen LogP contribution >= 0.6 is 0 Å². The minimum atomic E-state index is -0.300. The van der Waals surface area contributed by atoms with E-state index in [1.165, 1.54) is 5.57 Å². The van der Waals surface area contributed by atoms with Crippen molar-refractivity contribution < 1.29 is 14.3 Å². The molecule has 68 valence electrons. The SMILES string of the molecule is CC1=C[C@H]2C[C@@H]1[C@H]1C(=O)OC(=O)[C@H]12. The number of allylic oxidation sites excluding steroid dienone is 2. The monoisotopic (exact) mass is 178 g/mol. The fraction of sp³-hybridized carbons (Fsp3) is 0.600. The van der Waals surface area contributed by atoms with Crippen LogP contribution in [0.15, 0.2) is 11.6 Å². The molecule has 0 radical (unpaired) electrons. The zero-order chi connectivity index (χ0) is 9.16. The van der Waals surface area contributed by atoms with Crippen molar-refractivity contribution >= 4 is 11.9 Å². The largest absolute Gasteiger partial charge is 0.393 e. The van der Waals surface area contributed by atoms with Crippen LogP contribution in [-0.2, 0) is 14.3 Å². The Kier molecular flexibility index (Phi) is 1.14. The molecule has 2 bridgehead atoms. The van der Waals surface area contributed by atoms with Crippen LogP contribution in [0.5, 0.6) is 0 Å². The molecule has 0 spiro atoms. The van der Waals surface area contributed by atoms with E-state index < -0.39 is 0 Å². The summed E-state index contributed by atoms with van der Waals surface area (Å²) in [6, 6.07) is 0. The molecule has 1 aliphatic heterocycles. The van der Waals surface area contributed by atoms with Crippen LogP contribution in [0.25, 0.3) is 0 Å². The van der Waals surface area contributed by atoms with Crippen molar-refractivity contribution in [1.29, 1.82) is 0 Å². The van der Waals surface area contributed by atoms with E-state index in [1.807, 2.05) is 6.92 Å². The predicted molar refractivity (Wildman–Crippen MR) is 43.4 cm³/mol. The normalized spacial score (nSPS) is 46.4. The lowest BCUT2D eigenvalue weighted by molar-refractivity contribution is -0.154. The summed E-state index contributed by atoms with van der Waals surface area (Å²) in [5, 5.41) is 0. The van der Waals surface area contributed by atoms with Crippen LogP contribution in [-0.4, -0.2) is 11.9 Å². The minimum Gasteiger partial charge on any atom is -0.393 e. The molecule has 3 rings (SSSR count). The van der Waals surface area contributed by atoms with Crippen molar-refractivity contribution in [3.63, 3.8) is 0 Å². The number of cyclic esters (lactones) is 2. The first kappa shape index (κ1) is 7.30. The van der Waals surface area contributed by atoms with Crippen LogP contribution in [0.1, 0.15) is 13.3 Å². The first-order chi connectivity index (χ1) is 6.18. The second-order valence-corrected chi connectivity index (χ2v) is 4.21. The minimum absolute atomic E-state index is 0.150. The highest BCUT2D eigenvalue weighted by Crippen LogP contribution is 2.54. The first-order valence-electron chi connectivity index (χ1n) is 4.62. The standard InChI is InChI=1S/C10H10O3/c1-4-2-5-3-6(4)8-7(5)9(11)13-10(8)12/h2,5-8H,3H2,1H3/t5-,6-,7-,8+/m0/s1. The van der Waals surface area contributed by atoms with Gasteiger partial charge in [-0.15, -0.1) is 0 Å². The van der Waals surface area contributed by atoms with E-state index >= 15 is 0 Å². The van der Waals surface area contributed by atoms with Crippen LogP contribution < -0.4 is 0 Å². The maximum Gasteiger partial charge on any atom is 0.318 e. The molecule has 0 aromatic rings. The molecule has 3 heteroatoms. The van der Waals surface area contributed by atoms with E-state index in [0.29, 0.717) is 0 Å². The number of fused-ring (bicyclic) bond motifs is 5. The highest BCUT2D eigenvalue weighted by atomic mass is 16.6. The Bertz CT molecular complexity index is 342. The second kappa shape index (κ2) is 2.03. The summed E-state index contributed by atoms with van der Waals surface area (Å²) in [5.74, 6) is -0.340. The number of ether oxygens (including phenoxy) is 1. The fourth-order valence-electron chi connectivity index (χ4n) is 3.07. The summed E-state index contributed by atoms with van der Waals surface area (Å²) < 4.78 is 4.65. The molecule has 1 saturated carbocycles. The molecule has 0 aromatic heterocycles. The van der Waals surface area contributed by atoms with Gasteiger partial charge in [0, 0.05) is 0 Å². The van der Waals surface area contributed by atoms with Crippen LogP contribution in [0.4, 0.5) is 0 Å². The Labute approximate surface area is 75.8 Å². The molecular formula is C10H10O3.